The number of hydrogen-bond donors (Lipinski definition) is 1. The number of nitriles is 1. The molecule has 0 fully saturated rings. The molecule has 0 atom stereocenters. The van der Waals surface area contributed by atoms with Crippen LogP contribution in [0.1, 0.15) is 16.0 Å². The first-order chi connectivity index (χ1) is 9.72. The summed E-state index contributed by atoms with van der Waals surface area (Å²) in [7, 11) is 2.03. The third-order valence-corrected chi connectivity index (χ3v) is 3.74. The molecule has 0 aliphatic carbocycles. The molecule has 20 heavy (non-hydrogen) atoms. The van der Waals surface area contributed by atoms with Gasteiger partial charge in [0.2, 0.25) is 0 Å². The third-order valence-electron chi connectivity index (χ3n) is 2.82. The maximum atomic E-state index is 8.79. The first-order valence-electron chi connectivity index (χ1n) is 6.20. The first kappa shape index (κ1) is 14.1. The molecule has 1 aromatic heterocycles. The van der Waals surface area contributed by atoms with E-state index in [-0.39, 0.29) is 0 Å². The SMILES string of the molecule is CN(Cc1cc(C#CCN)cs1)c1ccc(C#N)cc1. The maximum Gasteiger partial charge on any atom is 0.0991 e. The maximum absolute atomic E-state index is 8.79. The van der Waals surface area contributed by atoms with E-state index < -0.39 is 0 Å². The van der Waals surface area contributed by atoms with E-state index in [1.807, 2.05) is 36.7 Å². The van der Waals surface area contributed by atoms with Crippen LogP contribution in [0.2, 0.25) is 0 Å². The number of nitrogens with zero attached hydrogens (tertiary/aromatic N) is 2. The van der Waals surface area contributed by atoms with E-state index in [0.717, 1.165) is 17.8 Å². The van der Waals surface area contributed by atoms with Gasteiger partial charge in [0.05, 0.1) is 24.7 Å². The molecule has 2 aromatic rings. The van der Waals surface area contributed by atoms with Crippen LogP contribution in [0.25, 0.3) is 0 Å². The second kappa shape index (κ2) is 6.77. The van der Waals surface area contributed by atoms with Crippen molar-refractivity contribution < 1.29 is 0 Å². The fraction of sp³-hybridized carbons (Fsp3) is 0.188. The molecule has 0 saturated carbocycles. The second-order valence-electron chi connectivity index (χ2n) is 4.32. The molecule has 2 N–H and O–H groups in total. The van der Waals surface area contributed by atoms with Gasteiger partial charge in [-0.1, -0.05) is 11.8 Å². The lowest BCUT2D eigenvalue weighted by Crippen LogP contribution is -2.15. The highest BCUT2D eigenvalue weighted by Gasteiger charge is 2.04. The third kappa shape index (κ3) is 3.61. The van der Waals surface area contributed by atoms with Crippen molar-refractivity contribution in [3.63, 3.8) is 0 Å². The highest BCUT2D eigenvalue weighted by Crippen LogP contribution is 2.20. The Balaban J connectivity index is 2.05. The monoisotopic (exact) mass is 281 g/mol. The lowest BCUT2D eigenvalue weighted by Gasteiger charge is -2.18. The van der Waals surface area contributed by atoms with Gasteiger partial charge in [-0.3, -0.25) is 0 Å². The summed E-state index contributed by atoms with van der Waals surface area (Å²) < 4.78 is 0. The Morgan fingerprint density at radius 1 is 1.25 bits per heavy atom. The van der Waals surface area contributed by atoms with Gasteiger partial charge < -0.3 is 10.6 Å². The van der Waals surface area contributed by atoms with Crippen molar-refractivity contribution in [2.45, 2.75) is 6.54 Å². The molecule has 0 bridgehead atoms. The van der Waals surface area contributed by atoms with Gasteiger partial charge in [0.15, 0.2) is 0 Å². The predicted molar refractivity (Wildman–Crippen MR) is 83.5 cm³/mol. The predicted octanol–water partition coefficient (Wildman–Crippen LogP) is 2.57. The lowest BCUT2D eigenvalue weighted by atomic mass is 10.2. The van der Waals surface area contributed by atoms with Crippen LogP contribution in [0.3, 0.4) is 0 Å². The molecule has 0 spiro atoms. The molecule has 0 saturated heterocycles. The number of rotatable bonds is 3. The molecule has 0 radical (unpaired) electrons. The molecule has 3 nitrogen and oxygen atoms in total. The van der Waals surface area contributed by atoms with Crippen LogP contribution in [0, 0.1) is 23.2 Å². The van der Waals surface area contributed by atoms with Crippen molar-refractivity contribution in [3.05, 3.63) is 51.7 Å². The van der Waals surface area contributed by atoms with Crippen LogP contribution < -0.4 is 10.6 Å². The summed E-state index contributed by atoms with van der Waals surface area (Å²) in [6, 6.07) is 11.8. The minimum atomic E-state index is 0.385. The summed E-state index contributed by atoms with van der Waals surface area (Å²) in [4.78, 5) is 3.39. The van der Waals surface area contributed by atoms with Crippen LogP contribution in [0.4, 0.5) is 5.69 Å². The summed E-state index contributed by atoms with van der Waals surface area (Å²) in [5.74, 6) is 5.89. The Bertz CT molecular complexity index is 668. The van der Waals surface area contributed by atoms with Gasteiger partial charge in [-0.05, 0) is 30.3 Å². The van der Waals surface area contributed by atoms with E-state index in [1.165, 1.54) is 4.88 Å². The fourth-order valence-corrected chi connectivity index (χ4v) is 2.67. The molecular formula is C16H15N3S. The molecule has 100 valence electrons. The quantitative estimate of drug-likeness (QED) is 0.880. The summed E-state index contributed by atoms with van der Waals surface area (Å²) in [6.45, 7) is 1.21. The topological polar surface area (TPSA) is 53.0 Å². The number of anilines is 1. The molecule has 0 unspecified atom stereocenters. The van der Waals surface area contributed by atoms with E-state index in [1.54, 1.807) is 11.3 Å². The molecule has 1 aromatic carbocycles. The van der Waals surface area contributed by atoms with Crippen molar-refractivity contribution in [1.29, 1.82) is 5.26 Å². The largest absolute Gasteiger partial charge is 0.369 e. The van der Waals surface area contributed by atoms with Gasteiger partial charge in [-0.25, -0.2) is 0 Å². The normalized spacial score (nSPS) is 9.45. The average molecular weight is 281 g/mol. The van der Waals surface area contributed by atoms with E-state index in [9.17, 15) is 0 Å². The van der Waals surface area contributed by atoms with Crippen LogP contribution >= 0.6 is 11.3 Å². The number of hydrogen-bond acceptors (Lipinski definition) is 4. The Kier molecular flexibility index (Phi) is 4.79. The molecule has 2 rings (SSSR count). The average Bonchev–Trinajstić information content (AvgIpc) is 2.92. The lowest BCUT2D eigenvalue weighted by molar-refractivity contribution is 0.940. The second-order valence-corrected chi connectivity index (χ2v) is 5.32. The minimum Gasteiger partial charge on any atom is -0.369 e. The van der Waals surface area contributed by atoms with Crippen molar-refractivity contribution >= 4 is 17.0 Å². The fourth-order valence-electron chi connectivity index (χ4n) is 1.80. The molecule has 4 heteroatoms. The molecule has 0 aliphatic rings. The summed E-state index contributed by atoms with van der Waals surface area (Å²) >= 11 is 1.69. The Morgan fingerprint density at radius 2 is 2.00 bits per heavy atom. The standard InChI is InChI=1S/C16H15N3S/c1-19(15-6-4-13(10-18)5-7-15)11-16-9-14(12-20-16)3-2-8-17/h4-7,9,12H,8,11,17H2,1H3. The van der Waals surface area contributed by atoms with Gasteiger partial charge in [-0.2, -0.15) is 5.26 Å². The summed E-state index contributed by atoms with van der Waals surface area (Å²) in [5, 5.41) is 10.8. The van der Waals surface area contributed by atoms with Crippen molar-refractivity contribution in [2.24, 2.45) is 5.73 Å². The Hall–Kier alpha value is -2.27. The Morgan fingerprint density at radius 3 is 2.65 bits per heavy atom. The number of thiophene rings is 1. The minimum absolute atomic E-state index is 0.385. The van der Waals surface area contributed by atoms with Gasteiger partial charge >= 0.3 is 0 Å². The summed E-state index contributed by atoms with van der Waals surface area (Å²) in [6.07, 6.45) is 0. The summed E-state index contributed by atoms with van der Waals surface area (Å²) in [5.41, 5.74) is 8.15. The molecular weight excluding hydrogens is 266 g/mol. The highest BCUT2D eigenvalue weighted by atomic mass is 32.1. The zero-order valence-corrected chi connectivity index (χ0v) is 12.1. The number of benzene rings is 1. The van der Waals surface area contributed by atoms with E-state index >= 15 is 0 Å². The van der Waals surface area contributed by atoms with Crippen molar-refractivity contribution in [2.75, 3.05) is 18.5 Å². The molecule has 0 aliphatic heterocycles. The van der Waals surface area contributed by atoms with E-state index in [4.69, 9.17) is 11.0 Å². The van der Waals surface area contributed by atoms with Crippen LogP contribution in [0.5, 0.6) is 0 Å². The van der Waals surface area contributed by atoms with Crippen molar-refractivity contribution in [1.82, 2.24) is 0 Å². The number of nitrogens with two attached hydrogens (primary N) is 1. The van der Waals surface area contributed by atoms with Gasteiger partial charge in [0.25, 0.3) is 0 Å². The zero-order valence-electron chi connectivity index (χ0n) is 11.3. The molecule has 1 heterocycles. The van der Waals surface area contributed by atoms with Crippen LogP contribution in [-0.4, -0.2) is 13.6 Å². The van der Waals surface area contributed by atoms with Gasteiger partial charge in [-0.15, -0.1) is 11.3 Å². The smallest absolute Gasteiger partial charge is 0.0991 e. The van der Waals surface area contributed by atoms with Crippen LogP contribution in [-0.2, 0) is 6.54 Å². The van der Waals surface area contributed by atoms with E-state index in [0.29, 0.717) is 12.1 Å². The zero-order chi connectivity index (χ0) is 14.4. The van der Waals surface area contributed by atoms with Gasteiger partial charge in [0.1, 0.15) is 0 Å². The van der Waals surface area contributed by atoms with Crippen LogP contribution in [0.15, 0.2) is 35.7 Å². The van der Waals surface area contributed by atoms with Crippen molar-refractivity contribution in [3.8, 4) is 17.9 Å². The van der Waals surface area contributed by atoms with Gasteiger partial charge in [0, 0.05) is 28.6 Å². The first-order valence-corrected chi connectivity index (χ1v) is 7.08. The Labute approximate surface area is 123 Å². The highest BCUT2D eigenvalue weighted by molar-refractivity contribution is 7.10. The molecule has 0 amide bonds. The van der Waals surface area contributed by atoms with E-state index in [2.05, 4.69) is 28.9 Å².